The normalized spacial score (nSPS) is 10.1. The molecule has 2 amide bonds. The molecule has 0 aliphatic carbocycles. The van der Waals surface area contributed by atoms with Crippen LogP contribution in [0.1, 0.15) is 17.0 Å². The van der Waals surface area contributed by atoms with Crippen molar-refractivity contribution in [3.8, 4) is 0 Å². The van der Waals surface area contributed by atoms with Crippen molar-refractivity contribution in [3.63, 3.8) is 0 Å². The van der Waals surface area contributed by atoms with E-state index in [9.17, 15) is 9.59 Å². The molecule has 1 aromatic heterocycles. The third kappa shape index (κ3) is 4.12. The Balaban J connectivity index is 2.46. The van der Waals surface area contributed by atoms with Crippen LogP contribution in [0.4, 0.5) is 5.13 Å². The lowest BCUT2D eigenvalue weighted by Gasteiger charge is -2.02. The number of carbonyl (C=O) groups is 2. The maximum absolute atomic E-state index is 11.4. The lowest BCUT2D eigenvalue weighted by Crippen LogP contribution is -2.36. The van der Waals surface area contributed by atoms with Gasteiger partial charge in [-0.25, -0.2) is 4.98 Å². The molecule has 94 valence electrons. The van der Waals surface area contributed by atoms with E-state index in [-0.39, 0.29) is 13.2 Å². The number of aliphatic hydroxyl groups is 1. The van der Waals surface area contributed by atoms with Crippen molar-refractivity contribution >= 4 is 28.3 Å². The number of hydrogen-bond donors (Lipinski definition) is 3. The Kier molecular flexibility index (Phi) is 5.05. The molecule has 0 fully saturated rings. The summed E-state index contributed by atoms with van der Waals surface area (Å²) in [6, 6.07) is 0. The average molecular weight is 257 g/mol. The Bertz CT molecular complexity index is 397. The van der Waals surface area contributed by atoms with Crippen LogP contribution < -0.4 is 10.6 Å². The number of nitrogens with one attached hydrogen (secondary N) is 2. The highest BCUT2D eigenvalue weighted by molar-refractivity contribution is 7.15. The summed E-state index contributed by atoms with van der Waals surface area (Å²) in [6.45, 7) is 3.98. The highest BCUT2D eigenvalue weighted by Gasteiger charge is 2.15. The Hall–Kier alpha value is -1.47. The van der Waals surface area contributed by atoms with Gasteiger partial charge in [-0.3, -0.25) is 14.9 Å². The van der Waals surface area contributed by atoms with Crippen molar-refractivity contribution in [1.29, 1.82) is 0 Å². The van der Waals surface area contributed by atoms with Crippen LogP contribution in [-0.2, 0) is 9.59 Å². The van der Waals surface area contributed by atoms with Crippen molar-refractivity contribution in [2.24, 2.45) is 0 Å². The summed E-state index contributed by atoms with van der Waals surface area (Å²) in [6.07, 6.45) is 0.425. The molecule has 7 heteroatoms. The first-order chi connectivity index (χ1) is 8.04. The number of aliphatic hydroxyl groups excluding tert-OH is 1. The maximum atomic E-state index is 11.4. The van der Waals surface area contributed by atoms with Gasteiger partial charge in [0, 0.05) is 18.0 Å². The van der Waals surface area contributed by atoms with Crippen LogP contribution in [-0.4, -0.2) is 35.1 Å². The molecule has 0 aliphatic rings. The van der Waals surface area contributed by atoms with Gasteiger partial charge in [-0.1, -0.05) is 0 Å². The molecule has 0 unspecified atom stereocenters. The Morgan fingerprint density at radius 2 is 2.06 bits per heavy atom. The summed E-state index contributed by atoms with van der Waals surface area (Å²) in [7, 11) is 0. The summed E-state index contributed by atoms with van der Waals surface area (Å²) in [4.78, 5) is 27.8. The van der Waals surface area contributed by atoms with Crippen molar-refractivity contribution < 1.29 is 14.7 Å². The fourth-order valence-electron chi connectivity index (χ4n) is 1.04. The third-order valence-corrected chi connectivity index (χ3v) is 3.06. The fourth-order valence-corrected chi connectivity index (χ4v) is 1.85. The molecule has 0 radical (unpaired) electrons. The monoisotopic (exact) mass is 257 g/mol. The van der Waals surface area contributed by atoms with Gasteiger partial charge in [0.05, 0.1) is 5.69 Å². The minimum Gasteiger partial charge on any atom is -0.396 e. The van der Waals surface area contributed by atoms with Crippen LogP contribution in [0.15, 0.2) is 0 Å². The van der Waals surface area contributed by atoms with Crippen molar-refractivity contribution in [1.82, 2.24) is 10.3 Å². The molecule has 0 atom stereocenters. The number of thiazole rings is 1. The number of amides is 2. The highest BCUT2D eigenvalue weighted by Crippen LogP contribution is 2.20. The minimum atomic E-state index is -0.739. The number of aromatic nitrogens is 1. The fraction of sp³-hybridized carbons (Fsp3) is 0.500. The molecule has 6 nitrogen and oxygen atoms in total. The number of carbonyl (C=O) groups excluding carboxylic acids is 2. The summed E-state index contributed by atoms with van der Waals surface area (Å²) < 4.78 is 0. The zero-order valence-electron chi connectivity index (χ0n) is 9.74. The summed E-state index contributed by atoms with van der Waals surface area (Å²) in [5, 5.41) is 13.8. The molecule has 17 heavy (non-hydrogen) atoms. The average Bonchev–Trinajstić information content (AvgIpc) is 2.58. The van der Waals surface area contributed by atoms with E-state index in [0.29, 0.717) is 11.6 Å². The molecule has 0 spiro atoms. The number of nitrogens with zero attached hydrogens (tertiary/aromatic N) is 1. The zero-order valence-corrected chi connectivity index (χ0v) is 10.6. The molecule has 3 N–H and O–H groups in total. The Morgan fingerprint density at radius 3 is 2.59 bits per heavy atom. The molecule has 1 rings (SSSR count). The van der Waals surface area contributed by atoms with Gasteiger partial charge < -0.3 is 10.4 Å². The van der Waals surface area contributed by atoms with Gasteiger partial charge >= 0.3 is 11.8 Å². The highest BCUT2D eigenvalue weighted by atomic mass is 32.1. The minimum absolute atomic E-state index is 0.0211. The smallest absolute Gasteiger partial charge is 0.315 e. The van der Waals surface area contributed by atoms with Crippen LogP contribution in [0.25, 0.3) is 0 Å². The Morgan fingerprint density at radius 1 is 1.35 bits per heavy atom. The predicted octanol–water partition coefficient (Wildman–Crippen LogP) is 0.197. The quantitative estimate of drug-likeness (QED) is 0.530. The molecular weight excluding hydrogens is 242 g/mol. The van der Waals surface area contributed by atoms with E-state index >= 15 is 0 Å². The topological polar surface area (TPSA) is 91.3 Å². The van der Waals surface area contributed by atoms with Gasteiger partial charge in [0.1, 0.15) is 0 Å². The maximum Gasteiger partial charge on any atom is 0.315 e. The molecule has 1 aromatic rings. The summed E-state index contributed by atoms with van der Waals surface area (Å²) >= 11 is 1.33. The van der Waals surface area contributed by atoms with Crippen LogP contribution in [0.5, 0.6) is 0 Å². The van der Waals surface area contributed by atoms with Gasteiger partial charge in [-0.2, -0.15) is 0 Å². The van der Waals surface area contributed by atoms with Crippen LogP contribution >= 0.6 is 11.3 Å². The first-order valence-corrected chi connectivity index (χ1v) is 6.00. The number of rotatable bonds is 4. The van der Waals surface area contributed by atoms with Gasteiger partial charge in [-0.05, 0) is 20.3 Å². The molecular formula is C10H15N3O3S. The first-order valence-electron chi connectivity index (χ1n) is 5.18. The molecule has 0 saturated carbocycles. The standard InChI is InChI=1S/C10H15N3O3S/c1-6-7(2)17-10(12-6)13-9(16)8(15)11-4-3-5-14/h14H,3-5H2,1-2H3,(H,11,15)(H,12,13,16). The van der Waals surface area contributed by atoms with Gasteiger partial charge in [0.2, 0.25) is 0 Å². The van der Waals surface area contributed by atoms with Crippen molar-refractivity contribution in [2.75, 3.05) is 18.5 Å². The van der Waals surface area contributed by atoms with Crippen LogP contribution in [0.3, 0.4) is 0 Å². The second-order valence-corrected chi connectivity index (χ2v) is 4.65. The molecule has 0 bridgehead atoms. The second kappa shape index (κ2) is 6.31. The summed E-state index contributed by atoms with van der Waals surface area (Å²) in [5.41, 5.74) is 0.839. The molecule has 0 aliphatic heterocycles. The first kappa shape index (κ1) is 13.6. The molecule has 0 aromatic carbocycles. The van der Waals surface area contributed by atoms with Gasteiger partial charge in [-0.15, -0.1) is 11.3 Å². The molecule has 1 heterocycles. The van der Waals surface area contributed by atoms with Gasteiger partial charge in [0.15, 0.2) is 5.13 Å². The van der Waals surface area contributed by atoms with Crippen LogP contribution in [0.2, 0.25) is 0 Å². The Labute approximate surface area is 103 Å². The number of hydrogen-bond acceptors (Lipinski definition) is 5. The second-order valence-electron chi connectivity index (χ2n) is 3.45. The van der Waals surface area contributed by atoms with Gasteiger partial charge in [0.25, 0.3) is 0 Å². The SMILES string of the molecule is Cc1nc(NC(=O)C(=O)NCCCO)sc1C. The number of aryl methyl sites for hydroxylation is 2. The van der Waals surface area contributed by atoms with E-state index in [0.717, 1.165) is 10.6 Å². The predicted molar refractivity (Wildman–Crippen MR) is 64.9 cm³/mol. The number of anilines is 1. The van der Waals surface area contributed by atoms with E-state index in [2.05, 4.69) is 15.6 Å². The lowest BCUT2D eigenvalue weighted by atomic mass is 10.4. The third-order valence-electron chi connectivity index (χ3n) is 2.08. The van der Waals surface area contributed by atoms with Crippen molar-refractivity contribution in [2.45, 2.75) is 20.3 Å². The molecule has 0 saturated heterocycles. The van der Waals surface area contributed by atoms with E-state index in [1.54, 1.807) is 0 Å². The van der Waals surface area contributed by atoms with E-state index < -0.39 is 11.8 Å². The summed E-state index contributed by atoms with van der Waals surface area (Å²) in [5.74, 6) is -1.46. The van der Waals surface area contributed by atoms with Crippen molar-refractivity contribution in [3.05, 3.63) is 10.6 Å². The van der Waals surface area contributed by atoms with Crippen LogP contribution in [0, 0.1) is 13.8 Å². The van der Waals surface area contributed by atoms with E-state index in [1.165, 1.54) is 11.3 Å². The lowest BCUT2D eigenvalue weighted by molar-refractivity contribution is -0.136. The zero-order chi connectivity index (χ0) is 12.8. The largest absolute Gasteiger partial charge is 0.396 e. The van der Waals surface area contributed by atoms with E-state index in [1.807, 2.05) is 13.8 Å². The van der Waals surface area contributed by atoms with E-state index in [4.69, 9.17) is 5.11 Å².